The molecule has 0 unspecified atom stereocenters. The van der Waals surface area contributed by atoms with Crippen molar-refractivity contribution in [1.82, 2.24) is 14.9 Å². The van der Waals surface area contributed by atoms with Crippen molar-refractivity contribution in [3.63, 3.8) is 0 Å². The lowest BCUT2D eigenvalue weighted by Gasteiger charge is -2.35. The monoisotopic (exact) mass is 235 g/mol. The number of fused-ring (bicyclic) bond motifs is 3. The van der Waals surface area contributed by atoms with Crippen molar-refractivity contribution in [2.24, 2.45) is 0 Å². The average Bonchev–Trinajstić information content (AvgIpc) is 2.93. The number of amides is 1. The zero-order valence-corrected chi connectivity index (χ0v) is 9.47. The largest absolute Gasteiger partial charge is 0.467 e. The minimum Gasteiger partial charge on any atom is -0.467 e. The number of aromatic nitrogens is 2. The third kappa shape index (κ3) is 1.36. The van der Waals surface area contributed by atoms with Gasteiger partial charge in [-0.15, -0.1) is 0 Å². The fourth-order valence-corrected chi connectivity index (χ4v) is 2.77. The molecule has 3 rings (SSSR count). The molecule has 0 saturated carbocycles. The van der Waals surface area contributed by atoms with Crippen LogP contribution in [0.2, 0.25) is 0 Å². The second kappa shape index (κ2) is 3.58. The van der Waals surface area contributed by atoms with E-state index in [1.165, 1.54) is 7.11 Å². The molecule has 1 amide bonds. The van der Waals surface area contributed by atoms with E-state index in [9.17, 15) is 9.59 Å². The van der Waals surface area contributed by atoms with Gasteiger partial charge in [-0.05, 0) is 6.42 Å². The van der Waals surface area contributed by atoms with E-state index in [4.69, 9.17) is 4.74 Å². The van der Waals surface area contributed by atoms with Gasteiger partial charge in [-0.25, -0.2) is 9.78 Å². The number of imidazole rings is 1. The standard InChI is InChI=1S/C11H13N3O3/c1-17-11(16)8-4-6-10(13-5-12-6)7-2-3-9(15)14(7)8/h5,7-8H,2-4H2,1H3,(H,12,13)/t7-,8+/m1/s1. The van der Waals surface area contributed by atoms with Crippen molar-refractivity contribution in [3.8, 4) is 0 Å². The smallest absolute Gasteiger partial charge is 0.329 e. The Hall–Kier alpha value is -1.85. The van der Waals surface area contributed by atoms with Crippen molar-refractivity contribution in [2.45, 2.75) is 31.3 Å². The maximum Gasteiger partial charge on any atom is 0.329 e. The van der Waals surface area contributed by atoms with Gasteiger partial charge in [0.05, 0.1) is 25.2 Å². The molecule has 6 heteroatoms. The molecule has 17 heavy (non-hydrogen) atoms. The highest BCUT2D eigenvalue weighted by Gasteiger charge is 2.46. The first-order valence-electron chi connectivity index (χ1n) is 5.63. The van der Waals surface area contributed by atoms with Crippen LogP contribution < -0.4 is 0 Å². The van der Waals surface area contributed by atoms with E-state index in [0.29, 0.717) is 12.8 Å². The normalized spacial score (nSPS) is 26.6. The molecule has 1 aromatic rings. The van der Waals surface area contributed by atoms with E-state index in [2.05, 4.69) is 9.97 Å². The van der Waals surface area contributed by atoms with E-state index in [1.807, 2.05) is 0 Å². The third-order valence-electron chi connectivity index (χ3n) is 3.53. The van der Waals surface area contributed by atoms with Crippen LogP contribution in [0.25, 0.3) is 0 Å². The summed E-state index contributed by atoms with van der Waals surface area (Å²) in [4.78, 5) is 32.5. The molecule has 2 aliphatic rings. The number of carbonyl (C=O) groups excluding carboxylic acids is 2. The highest BCUT2D eigenvalue weighted by Crippen LogP contribution is 2.39. The molecule has 0 bridgehead atoms. The second-order valence-corrected chi connectivity index (χ2v) is 4.36. The van der Waals surface area contributed by atoms with E-state index in [1.54, 1.807) is 11.2 Å². The maximum atomic E-state index is 11.9. The fourth-order valence-electron chi connectivity index (χ4n) is 2.77. The van der Waals surface area contributed by atoms with Crippen LogP contribution in [0.15, 0.2) is 6.33 Å². The summed E-state index contributed by atoms with van der Waals surface area (Å²) >= 11 is 0. The van der Waals surface area contributed by atoms with Crippen molar-refractivity contribution >= 4 is 11.9 Å². The van der Waals surface area contributed by atoms with Gasteiger partial charge in [0.15, 0.2) is 0 Å². The van der Waals surface area contributed by atoms with E-state index < -0.39 is 6.04 Å². The lowest BCUT2D eigenvalue weighted by molar-refractivity contribution is -0.153. The SMILES string of the molecule is COC(=O)[C@@H]1Cc2[nH]cnc2[C@H]2CCC(=O)N21. The number of carbonyl (C=O) groups is 2. The summed E-state index contributed by atoms with van der Waals surface area (Å²) in [5, 5.41) is 0. The summed E-state index contributed by atoms with van der Waals surface area (Å²) < 4.78 is 4.77. The maximum absolute atomic E-state index is 11.9. The third-order valence-corrected chi connectivity index (χ3v) is 3.53. The second-order valence-electron chi connectivity index (χ2n) is 4.36. The summed E-state index contributed by atoms with van der Waals surface area (Å²) in [7, 11) is 1.35. The molecule has 6 nitrogen and oxygen atoms in total. The number of methoxy groups -OCH3 is 1. The van der Waals surface area contributed by atoms with Gasteiger partial charge in [0.1, 0.15) is 6.04 Å². The molecule has 0 radical (unpaired) electrons. The van der Waals surface area contributed by atoms with Crippen LogP contribution in [0.3, 0.4) is 0 Å². The molecule has 1 N–H and O–H groups in total. The Balaban J connectivity index is 2.03. The predicted octanol–water partition coefficient (Wildman–Crippen LogP) is 0.171. The summed E-state index contributed by atoms with van der Waals surface area (Å²) in [6.45, 7) is 0. The minimum absolute atomic E-state index is 0.0130. The van der Waals surface area contributed by atoms with Gasteiger partial charge in [0, 0.05) is 18.5 Å². The summed E-state index contributed by atoms with van der Waals surface area (Å²) in [6, 6.07) is -0.574. The number of aromatic amines is 1. The molecule has 0 spiro atoms. The average molecular weight is 235 g/mol. The number of nitrogens with zero attached hydrogens (tertiary/aromatic N) is 2. The molecule has 90 valence electrons. The number of H-pyrrole nitrogens is 1. The van der Waals surface area contributed by atoms with Crippen molar-refractivity contribution < 1.29 is 14.3 Å². The van der Waals surface area contributed by atoms with Crippen LogP contribution >= 0.6 is 0 Å². The van der Waals surface area contributed by atoms with Crippen LogP contribution in [0.5, 0.6) is 0 Å². The lowest BCUT2D eigenvalue weighted by Crippen LogP contribution is -2.48. The Labute approximate surface area is 98.0 Å². The van der Waals surface area contributed by atoms with Gasteiger partial charge < -0.3 is 14.6 Å². The lowest BCUT2D eigenvalue weighted by atomic mass is 9.97. The van der Waals surface area contributed by atoms with Crippen LogP contribution in [0, 0.1) is 0 Å². The predicted molar refractivity (Wildman–Crippen MR) is 56.9 cm³/mol. The molecule has 1 fully saturated rings. The van der Waals surface area contributed by atoms with E-state index >= 15 is 0 Å². The van der Waals surface area contributed by atoms with Gasteiger partial charge in [0.25, 0.3) is 0 Å². The van der Waals surface area contributed by atoms with Crippen molar-refractivity contribution in [1.29, 1.82) is 0 Å². The Morgan fingerprint density at radius 2 is 2.47 bits per heavy atom. The van der Waals surface area contributed by atoms with Crippen LogP contribution in [-0.4, -0.2) is 39.9 Å². The van der Waals surface area contributed by atoms with Crippen LogP contribution in [0.4, 0.5) is 0 Å². The van der Waals surface area contributed by atoms with Crippen molar-refractivity contribution in [2.75, 3.05) is 7.11 Å². The van der Waals surface area contributed by atoms with Gasteiger partial charge in [-0.2, -0.15) is 0 Å². The minimum atomic E-state index is -0.507. The molecule has 2 aliphatic heterocycles. The van der Waals surface area contributed by atoms with E-state index in [-0.39, 0.29) is 17.9 Å². The van der Waals surface area contributed by atoms with Gasteiger partial charge in [-0.3, -0.25) is 4.79 Å². The quantitative estimate of drug-likeness (QED) is 0.704. The highest BCUT2D eigenvalue weighted by molar-refractivity contribution is 5.87. The molecule has 3 heterocycles. The molecular weight excluding hydrogens is 222 g/mol. The Morgan fingerprint density at radius 1 is 1.65 bits per heavy atom. The van der Waals surface area contributed by atoms with Crippen LogP contribution in [0.1, 0.15) is 30.3 Å². The van der Waals surface area contributed by atoms with Crippen LogP contribution in [-0.2, 0) is 20.7 Å². The fraction of sp³-hybridized carbons (Fsp3) is 0.545. The molecular formula is C11H13N3O3. The first-order valence-corrected chi connectivity index (χ1v) is 5.63. The van der Waals surface area contributed by atoms with Gasteiger partial charge >= 0.3 is 5.97 Å². The van der Waals surface area contributed by atoms with Gasteiger partial charge in [-0.1, -0.05) is 0 Å². The zero-order valence-electron chi connectivity index (χ0n) is 9.47. The molecule has 2 atom stereocenters. The van der Waals surface area contributed by atoms with E-state index in [0.717, 1.165) is 17.8 Å². The molecule has 0 aromatic carbocycles. The number of esters is 1. The number of rotatable bonds is 1. The zero-order chi connectivity index (χ0) is 12.0. The summed E-state index contributed by atoms with van der Waals surface area (Å²) in [5.41, 5.74) is 1.84. The Kier molecular flexibility index (Phi) is 2.17. The number of ether oxygens (including phenoxy) is 1. The Morgan fingerprint density at radius 3 is 3.24 bits per heavy atom. The molecule has 1 aromatic heterocycles. The number of hydrogen-bond acceptors (Lipinski definition) is 4. The first-order chi connectivity index (χ1) is 8.22. The first kappa shape index (κ1) is 10.3. The summed E-state index contributed by atoms with van der Waals surface area (Å²) in [5.74, 6) is -0.343. The Bertz CT molecular complexity index is 482. The van der Waals surface area contributed by atoms with Gasteiger partial charge in [0.2, 0.25) is 5.91 Å². The molecule has 1 saturated heterocycles. The summed E-state index contributed by atoms with van der Waals surface area (Å²) in [6.07, 6.45) is 3.28. The number of nitrogens with one attached hydrogen (secondary N) is 1. The highest BCUT2D eigenvalue weighted by atomic mass is 16.5. The topological polar surface area (TPSA) is 75.3 Å². The number of hydrogen-bond donors (Lipinski definition) is 1. The molecule has 0 aliphatic carbocycles. The van der Waals surface area contributed by atoms with Crippen molar-refractivity contribution in [3.05, 3.63) is 17.7 Å².